The zero-order valence-electron chi connectivity index (χ0n) is 22.4. The van der Waals surface area contributed by atoms with Gasteiger partial charge in [0, 0.05) is 17.7 Å². The van der Waals surface area contributed by atoms with Gasteiger partial charge in [0.15, 0.2) is 17.3 Å². The van der Waals surface area contributed by atoms with Crippen molar-refractivity contribution in [3.05, 3.63) is 40.6 Å². The van der Waals surface area contributed by atoms with Crippen molar-refractivity contribution in [1.82, 2.24) is 0 Å². The van der Waals surface area contributed by atoms with Gasteiger partial charge < -0.3 is 79.5 Å². The first-order chi connectivity index (χ1) is 20.9. The Hall–Kier alpha value is -3.75. The Bertz CT molecular complexity index is 1550. The molecule has 44 heavy (non-hydrogen) atoms. The van der Waals surface area contributed by atoms with E-state index in [0.29, 0.717) is 0 Å². The molecular weight excluding hydrogens is 596 g/mol. The molecule has 0 unspecified atom stereocenters. The highest BCUT2D eigenvalue weighted by molar-refractivity contribution is 5.88. The Morgan fingerprint density at radius 1 is 0.682 bits per heavy atom. The van der Waals surface area contributed by atoms with Crippen LogP contribution in [0.2, 0.25) is 0 Å². The number of aliphatic hydroxyl groups excluding tert-OH is 8. The molecule has 2 saturated heterocycles. The number of phenols is 3. The zero-order chi connectivity index (χ0) is 32.0. The van der Waals surface area contributed by atoms with Gasteiger partial charge in [0.1, 0.15) is 71.3 Å². The molecule has 0 saturated carbocycles. The van der Waals surface area contributed by atoms with E-state index < -0.39 is 114 Å². The largest absolute Gasteiger partial charge is 0.508 e. The Morgan fingerprint density at radius 2 is 1.25 bits per heavy atom. The molecule has 0 aliphatic carbocycles. The van der Waals surface area contributed by atoms with Gasteiger partial charge in [0.25, 0.3) is 0 Å². The molecule has 2 fully saturated rings. The minimum atomic E-state index is -1.94. The van der Waals surface area contributed by atoms with Crippen molar-refractivity contribution in [2.75, 3.05) is 13.2 Å². The number of ether oxygens (including phenoxy) is 4. The summed E-state index contributed by atoms with van der Waals surface area (Å²) in [6.45, 7) is -1.52. The van der Waals surface area contributed by atoms with Crippen LogP contribution in [0.1, 0.15) is 0 Å². The number of aromatic hydroxyl groups is 3. The normalized spacial score (nSPS) is 32.5. The van der Waals surface area contributed by atoms with Crippen molar-refractivity contribution in [3.8, 4) is 40.1 Å². The molecule has 17 heteroatoms. The highest BCUT2D eigenvalue weighted by atomic mass is 16.7. The fourth-order valence-electron chi connectivity index (χ4n) is 4.89. The van der Waals surface area contributed by atoms with Crippen molar-refractivity contribution in [1.29, 1.82) is 0 Å². The lowest BCUT2D eigenvalue weighted by molar-refractivity contribution is -0.277. The summed E-state index contributed by atoms with van der Waals surface area (Å²) < 4.78 is 27.4. The van der Waals surface area contributed by atoms with E-state index in [0.717, 1.165) is 24.3 Å². The number of fused-ring (bicyclic) bond motifs is 1. The van der Waals surface area contributed by atoms with Gasteiger partial charge in [-0.1, -0.05) is 0 Å². The minimum absolute atomic E-state index is 0.0925. The molecule has 3 aromatic rings. The van der Waals surface area contributed by atoms with Crippen molar-refractivity contribution < 1.29 is 79.5 Å². The lowest BCUT2D eigenvalue weighted by Gasteiger charge is -2.39. The number of hydrogen-bond donors (Lipinski definition) is 11. The summed E-state index contributed by atoms with van der Waals surface area (Å²) in [5.41, 5.74) is -1.47. The van der Waals surface area contributed by atoms with E-state index in [1.807, 2.05) is 0 Å². The maximum Gasteiger partial charge on any atom is 0.239 e. The number of aliphatic hydroxyl groups is 8. The van der Waals surface area contributed by atoms with E-state index in [1.54, 1.807) is 0 Å². The fraction of sp³-hybridized carbons (Fsp3) is 0.444. The standard InChI is InChI=1S/C27H30O17/c28-6-14-17(33)20(36)22(38)26(42-14)41-12-2-1-8(3-10(12)31)24-25(19(35)16-11(32)4-9(30)5-13(16)40-24)44-27-23(39)21(37)18(34)15(7-29)43-27/h1-5,14-15,17-18,20-23,26-34,36-39H,6-7H2/t14-,15-,17-,18-,20-,21-,22-,23-,26-,27+/m1/s1. The second-order valence-corrected chi connectivity index (χ2v) is 10.2. The molecule has 2 aliphatic rings. The quantitative estimate of drug-likeness (QED) is 0.124. The maximum atomic E-state index is 13.6. The molecule has 11 N–H and O–H groups in total. The number of rotatable bonds is 7. The minimum Gasteiger partial charge on any atom is -0.508 e. The molecule has 3 heterocycles. The van der Waals surface area contributed by atoms with Gasteiger partial charge in [-0.15, -0.1) is 0 Å². The van der Waals surface area contributed by atoms with Crippen LogP contribution in [-0.2, 0) is 9.47 Å². The first-order valence-electron chi connectivity index (χ1n) is 13.2. The molecule has 2 aromatic carbocycles. The lowest BCUT2D eigenvalue weighted by atomic mass is 9.99. The molecule has 240 valence electrons. The average Bonchev–Trinajstić information content (AvgIpc) is 2.99. The third-order valence-electron chi connectivity index (χ3n) is 7.31. The van der Waals surface area contributed by atoms with E-state index in [-0.39, 0.29) is 16.9 Å². The van der Waals surface area contributed by atoms with Crippen LogP contribution in [0.3, 0.4) is 0 Å². The van der Waals surface area contributed by atoms with Crippen LogP contribution in [0.25, 0.3) is 22.3 Å². The summed E-state index contributed by atoms with van der Waals surface area (Å²) in [5, 5.41) is 110. The number of phenolic OH excluding ortho intramolecular Hbond substituents is 3. The van der Waals surface area contributed by atoms with Gasteiger partial charge in [-0.25, -0.2) is 0 Å². The summed E-state index contributed by atoms with van der Waals surface area (Å²) in [4.78, 5) is 13.6. The first-order valence-corrected chi connectivity index (χ1v) is 13.2. The van der Waals surface area contributed by atoms with Crippen molar-refractivity contribution in [2.45, 2.75) is 61.4 Å². The van der Waals surface area contributed by atoms with E-state index >= 15 is 0 Å². The maximum absolute atomic E-state index is 13.6. The van der Waals surface area contributed by atoms with Crippen LogP contribution < -0.4 is 14.9 Å². The first kappa shape index (κ1) is 31.7. The second kappa shape index (κ2) is 12.3. The smallest absolute Gasteiger partial charge is 0.239 e. The summed E-state index contributed by atoms with van der Waals surface area (Å²) in [6.07, 6.45) is -16.9. The highest BCUT2D eigenvalue weighted by Crippen LogP contribution is 2.40. The molecule has 1 aromatic heterocycles. The van der Waals surface area contributed by atoms with Crippen LogP contribution in [0.15, 0.2) is 39.5 Å². The summed E-state index contributed by atoms with van der Waals surface area (Å²) in [6, 6.07) is 5.23. The molecule has 2 aliphatic heterocycles. The zero-order valence-corrected chi connectivity index (χ0v) is 22.4. The van der Waals surface area contributed by atoms with Gasteiger partial charge in [-0.3, -0.25) is 4.79 Å². The van der Waals surface area contributed by atoms with Crippen LogP contribution in [0.5, 0.6) is 28.7 Å². The van der Waals surface area contributed by atoms with Gasteiger partial charge in [-0.05, 0) is 18.2 Å². The Balaban J connectivity index is 1.55. The molecule has 0 radical (unpaired) electrons. The van der Waals surface area contributed by atoms with Crippen LogP contribution >= 0.6 is 0 Å². The molecule has 0 bridgehead atoms. The summed E-state index contributed by atoms with van der Waals surface area (Å²) >= 11 is 0. The Kier molecular flexibility index (Phi) is 8.87. The highest BCUT2D eigenvalue weighted by Gasteiger charge is 2.46. The van der Waals surface area contributed by atoms with Crippen LogP contribution in [0.4, 0.5) is 0 Å². The van der Waals surface area contributed by atoms with Gasteiger partial charge in [-0.2, -0.15) is 0 Å². The topological polar surface area (TPSA) is 290 Å². The Labute approximate surface area is 246 Å². The van der Waals surface area contributed by atoms with Crippen molar-refractivity contribution in [3.63, 3.8) is 0 Å². The summed E-state index contributed by atoms with van der Waals surface area (Å²) in [5.74, 6) is -3.31. The predicted molar refractivity (Wildman–Crippen MR) is 142 cm³/mol. The summed E-state index contributed by atoms with van der Waals surface area (Å²) in [7, 11) is 0. The molecule has 0 amide bonds. The predicted octanol–water partition coefficient (Wildman–Crippen LogP) is -3.07. The van der Waals surface area contributed by atoms with E-state index in [1.165, 1.54) is 6.07 Å². The van der Waals surface area contributed by atoms with Crippen molar-refractivity contribution >= 4 is 11.0 Å². The number of hydrogen-bond acceptors (Lipinski definition) is 17. The second-order valence-electron chi connectivity index (χ2n) is 10.2. The Morgan fingerprint density at radius 3 is 1.80 bits per heavy atom. The molecular formula is C27H30O17. The monoisotopic (exact) mass is 626 g/mol. The third-order valence-corrected chi connectivity index (χ3v) is 7.31. The average molecular weight is 627 g/mol. The van der Waals surface area contributed by atoms with E-state index in [2.05, 4.69) is 0 Å². The third kappa shape index (κ3) is 5.61. The SMILES string of the molecule is O=c1c(O[C@@H]2O[C@H](CO)[C@@H](O)[C@@H](O)[C@H]2O)c(-c2ccc(O[C@@H]3O[C@H](CO)[C@@H](O)[C@@H](O)[C@H]3O)c(O)c2)oc2cc(O)cc(O)c12. The van der Waals surface area contributed by atoms with Gasteiger partial charge in [0.2, 0.25) is 23.8 Å². The number of benzene rings is 2. The molecule has 5 rings (SSSR count). The van der Waals surface area contributed by atoms with Gasteiger partial charge >= 0.3 is 0 Å². The lowest BCUT2D eigenvalue weighted by Crippen LogP contribution is -2.60. The molecule has 10 atom stereocenters. The molecule has 17 nitrogen and oxygen atoms in total. The molecule has 0 spiro atoms. The van der Waals surface area contributed by atoms with Crippen molar-refractivity contribution in [2.24, 2.45) is 0 Å². The fourth-order valence-corrected chi connectivity index (χ4v) is 4.89. The van der Waals surface area contributed by atoms with Crippen LogP contribution in [0, 0.1) is 0 Å². The van der Waals surface area contributed by atoms with Crippen LogP contribution in [-0.4, -0.2) is 131 Å². The van der Waals surface area contributed by atoms with E-state index in [9.17, 15) is 61.0 Å². The van der Waals surface area contributed by atoms with E-state index in [4.69, 9.17) is 23.4 Å². The van der Waals surface area contributed by atoms with Gasteiger partial charge in [0.05, 0.1) is 13.2 Å².